The van der Waals surface area contributed by atoms with Gasteiger partial charge in [0.05, 0.1) is 23.8 Å². The maximum absolute atomic E-state index is 13.7. The lowest BCUT2D eigenvalue weighted by Gasteiger charge is -2.38. The Labute approximate surface area is 225 Å². The van der Waals surface area contributed by atoms with Crippen molar-refractivity contribution >= 4 is 11.8 Å². The summed E-state index contributed by atoms with van der Waals surface area (Å²) < 4.78 is 12.1. The van der Waals surface area contributed by atoms with Crippen LogP contribution in [0.5, 0.6) is 23.0 Å². The van der Waals surface area contributed by atoms with Gasteiger partial charge in [0.15, 0.2) is 0 Å². The van der Waals surface area contributed by atoms with E-state index in [1.54, 1.807) is 30.6 Å². The summed E-state index contributed by atoms with van der Waals surface area (Å²) in [5.74, 6) is 1.15. The quantitative estimate of drug-likeness (QED) is 0.370. The zero-order chi connectivity index (χ0) is 26.8. The van der Waals surface area contributed by atoms with E-state index in [1.165, 1.54) is 12.1 Å². The Morgan fingerprint density at radius 3 is 2.74 bits per heavy atom. The predicted molar refractivity (Wildman–Crippen MR) is 144 cm³/mol. The molecule has 2 N–H and O–H groups in total. The first-order valence-electron chi connectivity index (χ1n) is 12.9. The lowest BCUT2D eigenvalue weighted by Crippen LogP contribution is -2.40. The van der Waals surface area contributed by atoms with Gasteiger partial charge in [0.25, 0.3) is 11.8 Å². The zero-order valence-electron chi connectivity index (χ0n) is 21.2. The van der Waals surface area contributed by atoms with Crippen LogP contribution in [-0.2, 0) is 6.42 Å². The van der Waals surface area contributed by atoms with Crippen LogP contribution in [0.15, 0.2) is 85.2 Å². The Hall–Kier alpha value is -4.85. The predicted octanol–water partition coefficient (Wildman–Crippen LogP) is 4.88. The molecule has 0 spiro atoms. The van der Waals surface area contributed by atoms with Crippen molar-refractivity contribution in [3.8, 4) is 23.0 Å². The van der Waals surface area contributed by atoms with Crippen LogP contribution in [0.1, 0.15) is 49.9 Å². The molecule has 4 aromatic rings. The third-order valence-corrected chi connectivity index (χ3v) is 7.01. The Kier molecular flexibility index (Phi) is 6.59. The molecule has 8 nitrogen and oxygen atoms in total. The molecule has 39 heavy (non-hydrogen) atoms. The van der Waals surface area contributed by atoms with Crippen molar-refractivity contribution in [2.75, 3.05) is 19.7 Å². The first-order chi connectivity index (χ1) is 19.1. The molecule has 0 fully saturated rings. The molecule has 3 aromatic carbocycles. The van der Waals surface area contributed by atoms with E-state index < -0.39 is 0 Å². The zero-order valence-corrected chi connectivity index (χ0v) is 21.2. The highest BCUT2D eigenvalue weighted by Crippen LogP contribution is 2.39. The monoisotopic (exact) mass is 521 g/mol. The minimum absolute atomic E-state index is 0.0834. The summed E-state index contributed by atoms with van der Waals surface area (Å²) in [6.45, 7) is 1.29. The van der Waals surface area contributed by atoms with Crippen molar-refractivity contribution in [3.63, 3.8) is 0 Å². The highest BCUT2D eigenvalue weighted by Gasteiger charge is 2.33. The molecule has 3 aliphatic heterocycles. The number of hydrogen-bond acceptors (Lipinski definition) is 6. The number of amides is 2. The normalized spacial score (nSPS) is 16.8. The fraction of sp³-hybridized carbons (Fsp3) is 0.194. The van der Waals surface area contributed by atoms with Crippen molar-refractivity contribution < 1.29 is 24.2 Å². The first-order valence-corrected chi connectivity index (χ1v) is 12.9. The van der Waals surface area contributed by atoms with E-state index in [0.717, 1.165) is 16.7 Å². The van der Waals surface area contributed by atoms with Gasteiger partial charge in [-0.15, -0.1) is 0 Å². The molecule has 0 radical (unpaired) electrons. The smallest absolute Gasteiger partial charge is 0.256 e. The molecule has 3 aliphatic rings. The van der Waals surface area contributed by atoms with Crippen molar-refractivity contribution in [1.29, 1.82) is 0 Å². The lowest BCUT2D eigenvalue weighted by atomic mass is 9.87. The van der Waals surface area contributed by atoms with Crippen LogP contribution in [-0.4, -0.2) is 46.5 Å². The van der Waals surface area contributed by atoms with E-state index in [0.29, 0.717) is 55.4 Å². The van der Waals surface area contributed by atoms with Crippen LogP contribution in [0.3, 0.4) is 0 Å². The molecule has 8 heteroatoms. The third kappa shape index (κ3) is 5.01. The Balaban J connectivity index is 1.43. The average Bonchev–Trinajstić information content (AvgIpc) is 2.97. The maximum atomic E-state index is 13.7. The van der Waals surface area contributed by atoms with Gasteiger partial charge in [-0.3, -0.25) is 14.6 Å². The summed E-state index contributed by atoms with van der Waals surface area (Å²) in [4.78, 5) is 32.4. The van der Waals surface area contributed by atoms with Gasteiger partial charge in [-0.2, -0.15) is 0 Å². The number of fused-ring (bicyclic) bond motifs is 6. The number of aromatic nitrogens is 1. The van der Waals surface area contributed by atoms with E-state index in [-0.39, 0.29) is 29.2 Å². The number of carbonyl (C=O) groups excluding carboxylic acids is 2. The standard InChI is InChI=1S/C31H27N3O5/c35-28-10-8-25-18-27(28)30(36)33-13-3-15-38-23-6-1-4-21(17-23)29-26-9-7-24(39-25)16-20(26)11-14-34(29)31(37)22-5-2-12-32-19-22/h1-2,4-10,12,16-19,29,35H,3,11,13-15H2,(H,33,36). The molecule has 0 saturated heterocycles. The summed E-state index contributed by atoms with van der Waals surface area (Å²) >= 11 is 0. The molecule has 0 saturated carbocycles. The summed E-state index contributed by atoms with van der Waals surface area (Å²) in [5, 5.41) is 13.1. The molecular weight excluding hydrogens is 494 g/mol. The number of aromatic hydroxyl groups is 1. The Bertz CT molecular complexity index is 1540. The molecule has 1 unspecified atom stereocenters. The third-order valence-electron chi connectivity index (χ3n) is 7.01. The summed E-state index contributed by atoms with van der Waals surface area (Å²) in [6.07, 6.45) is 4.48. The molecule has 1 atom stereocenters. The van der Waals surface area contributed by atoms with Crippen LogP contribution < -0.4 is 14.8 Å². The highest BCUT2D eigenvalue weighted by atomic mass is 16.5. The number of benzene rings is 3. The van der Waals surface area contributed by atoms with Gasteiger partial charge in [0.2, 0.25) is 0 Å². The molecule has 1 aromatic heterocycles. The number of phenols is 1. The van der Waals surface area contributed by atoms with E-state index in [2.05, 4.69) is 10.3 Å². The van der Waals surface area contributed by atoms with E-state index in [9.17, 15) is 14.7 Å². The fourth-order valence-electron chi connectivity index (χ4n) is 5.13. The van der Waals surface area contributed by atoms with Crippen LogP contribution >= 0.6 is 0 Å². The largest absolute Gasteiger partial charge is 0.507 e. The molecule has 2 amide bonds. The molecule has 8 bridgehead atoms. The molecule has 7 rings (SSSR count). The second-order valence-corrected chi connectivity index (χ2v) is 9.56. The fourth-order valence-corrected chi connectivity index (χ4v) is 5.13. The molecule has 0 aliphatic carbocycles. The number of nitrogens with zero attached hydrogens (tertiary/aromatic N) is 2. The minimum atomic E-state index is -0.382. The summed E-state index contributed by atoms with van der Waals surface area (Å²) in [6, 6.07) is 21.5. The number of pyridine rings is 1. The van der Waals surface area contributed by atoms with Gasteiger partial charge in [-0.05, 0) is 84.1 Å². The van der Waals surface area contributed by atoms with Gasteiger partial charge < -0.3 is 24.8 Å². The Morgan fingerprint density at radius 2 is 1.87 bits per heavy atom. The topological polar surface area (TPSA) is 101 Å². The van der Waals surface area contributed by atoms with Gasteiger partial charge >= 0.3 is 0 Å². The van der Waals surface area contributed by atoms with Gasteiger partial charge in [-0.25, -0.2) is 0 Å². The molecule has 196 valence electrons. The van der Waals surface area contributed by atoms with Crippen molar-refractivity contribution in [1.82, 2.24) is 15.2 Å². The molecular formula is C31H27N3O5. The SMILES string of the molecule is O=C1NCCCOc2cccc(c2)C2c3ccc(cc3CCN2C(=O)c2cccnc2)Oc2ccc(O)c1c2. The van der Waals surface area contributed by atoms with Crippen LogP contribution in [0.4, 0.5) is 0 Å². The number of nitrogens with one attached hydrogen (secondary N) is 1. The summed E-state index contributed by atoms with van der Waals surface area (Å²) in [7, 11) is 0. The number of phenolic OH excluding ortho intramolecular Hbond substituents is 1. The number of ether oxygens (including phenoxy) is 2. The van der Waals surface area contributed by atoms with Crippen LogP contribution in [0, 0.1) is 0 Å². The van der Waals surface area contributed by atoms with Gasteiger partial charge in [0, 0.05) is 25.5 Å². The highest BCUT2D eigenvalue weighted by molar-refractivity contribution is 5.97. The second kappa shape index (κ2) is 10.5. The van der Waals surface area contributed by atoms with Crippen LogP contribution in [0.25, 0.3) is 0 Å². The first kappa shape index (κ1) is 24.5. The number of rotatable bonds is 1. The van der Waals surface area contributed by atoms with Gasteiger partial charge in [0.1, 0.15) is 23.0 Å². The number of hydrogen-bond donors (Lipinski definition) is 2. The lowest BCUT2D eigenvalue weighted by molar-refractivity contribution is 0.0693. The van der Waals surface area contributed by atoms with E-state index in [1.807, 2.05) is 47.4 Å². The summed E-state index contributed by atoms with van der Waals surface area (Å²) in [5.41, 5.74) is 3.70. The second-order valence-electron chi connectivity index (χ2n) is 9.56. The van der Waals surface area contributed by atoms with Crippen molar-refractivity contribution in [3.05, 3.63) is 113 Å². The van der Waals surface area contributed by atoms with Crippen molar-refractivity contribution in [2.45, 2.75) is 18.9 Å². The minimum Gasteiger partial charge on any atom is -0.507 e. The van der Waals surface area contributed by atoms with Crippen molar-refractivity contribution in [2.24, 2.45) is 0 Å². The van der Waals surface area contributed by atoms with Crippen LogP contribution in [0.2, 0.25) is 0 Å². The maximum Gasteiger partial charge on any atom is 0.256 e. The average molecular weight is 522 g/mol. The number of carbonyl (C=O) groups is 2. The van der Waals surface area contributed by atoms with E-state index >= 15 is 0 Å². The Morgan fingerprint density at radius 1 is 1.00 bits per heavy atom. The van der Waals surface area contributed by atoms with E-state index in [4.69, 9.17) is 9.47 Å². The van der Waals surface area contributed by atoms with Gasteiger partial charge in [-0.1, -0.05) is 18.2 Å². The molecule has 4 heterocycles.